The van der Waals surface area contributed by atoms with Crippen LogP contribution in [-0.4, -0.2) is 39.7 Å². The van der Waals surface area contributed by atoms with Gasteiger partial charge in [0.25, 0.3) is 0 Å². The third kappa shape index (κ3) is 4.07. The van der Waals surface area contributed by atoms with Crippen LogP contribution in [-0.2, 0) is 19.5 Å². The molecule has 0 atom stereocenters. The number of rotatable bonds is 8. The molecule has 0 spiro atoms. The highest BCUT2D eigenvalue weighted by atomic mass is 15.5. The van der Waals surface area contributed by atoms with Crippen molar-refractivity contribution in [1.82, 2.24) is 39.7 Å². The van der Waals surface area contributed by atoms with E-state index in [9.17, 15) is 0 Å². The zero-order chi connectivity index (χ0) is 23.6. The molecule has 0 amide bonds. The summed E-state index contributed by atoms with van der Waals surface area (Å²) in [5.74, 6) is 2.73. The highest BCUT2D eigenvalue weighted by Crippen LogP contribution is 2.27. The summed E-state index contributed by atoms with van der Waals surface area (Å²) in [7, 11) is 0. The molecule has 0 aliphatic carbocycles. The minimum Gasteiger partial charge on any atom is -0.323 e. The van der Waals surface area contributed by atoms with Gasteiger partial charge in [-0.15, -0.1) is 5.10 Å². The molecule has 0 saturated carbocycles. The number of aromatic amines is 1. The Bertz CT molecular complexity index is 1580. The number of hydrogen-bond donors (Lipinski definition) is 1. The molecule has 6 aromatic rings. The van der Waals surface area contributed by atoms with Crippen LogP contribution in [0.1, 0.15) is 37.0 Å². The average molecular weight is 463 g/mol. The summed E-state index contributed by atoms with van der Waals surface area (Å²) in [6, 6.07) is 25.1. The highest BCUT2D eigenvalue weighted by molar-refractivity contribution is 5.82. The topological polar surface area (TPSA) is 90.1 Å². The Labute approximate surface area is 202 Å². The monoisotopic (exact) mass is 462 g/mol. The average Bonchev–Trinajstić information content (AvgIpc) is 3.62. The van der Waals surface area contributed by atoms with Gasteiger partial charge in [-0.3, -0.25) is 0 Å². The molecule has 0 unspecified atom stereocenters. The Balaban J connectivity index is 1.42. The molecule has 0 radical (unpaired) electrons. The lowest BCUT2D eigenvalue weighted by Crippen LogP contribution is -2.06. The molecule has 3 aromatic heterocycles. The van der Waals surface area contributed by atoms with E-state index >= 15 is 0 Å². The lowest BCUT2D eigenvalue weighted by molar-refractivity contribution is 0.690. The fourth-order valence-corrected chi connectivity index (χ4v) is 4.65. The van der Waals surface area contributed by atoms with Crippen LogP contribution in [0, 0.1) is 0 Å². The first kappa shape index (κ1) is 21.2. The number of unbranched alkanes of at least 4 members (excludes halogenated alkanes) is 1. The predicted molar refractivity (Wildman–Crippen MR) is 136 cm³/mol. The number of hydrogen-bond acceptors (Lipinski definition) is 5. The van der Waals surface area contributed by atoms with E-state index in [-0.39, 0.29) is 0 Å². The molecule has 35 heavy (non-hydrogen) atoms. The number of H-pyrrole nitrogens is 1. The molecule has 0 bridgehead atoms. The molecule has 8 nitrogen and oxygen atoms in total. The van der Waals surface area contributed by atoms with Crippen molar-refractivity contribution in [3.8, 4) is 11.4 Å². The number of nitrogens with zero attached hydrogens (tertiary/aromatic N) is 7. The molecule has 0 saturated heterocycles. The maximum atomic E-state index is 5.04. The van der Waals surface area contributed by atoms with E-state index in [4.69, 9.17) is 9.97 Å². The number of benzene rings is 3. The Kier molecular flexibility index (Phi) is 5.54. The van der Waals surface area contributed by atoms with Gasteiger partial charge in [0.05, 0.1) is 28.6 Å². The smallest absolute Gasteiger partial charge is 0.168 e. The third-order valence-electron chi connectivity index (χ3n) is 6.37. The highest BCUT2D eigenvalue weighted by Gasteiger charge is 2.16. The lowest BCUT2D eigenvalue weighted by Gasteiger charge is -2.10. The number of para-hydroxylation sites is 2. The Morgan fingerprint density at radius 3 is 2.46 bits per heavy atom. The van der Waals surface area contributed by atoms with E-state index in [0.717, 1.165) is 59.6 Å². The van der Waals surface area contributed by atoms with Gasteiger partial charge in [-0.2, -0.15) is 0 Å². The standard InChI is InChI=1S/C27H26N8/c1-2-3-13-26-28-21-11-7-8-12-23(21)34(26)17-19-14-15-24-22(16-19)29-27(20-9-5-4-6-10-20)35(24)18-25-30-32-33-31-25/h4-12,14-16H,2-3,13,17-18H2,1H3,(H,30,31,32,33). The summed E-state index contributed by atoms with van der Waals surface area (Å²) in [4.78, 5) is 9.97. The first-order valence-electron chi connectivity index (χ1n) is 12.0. The first-order valence-corrected chi connectivity index (χ1v) is 12.0. The van der Waals surface area contributed by atoms with Gasteiger partial charge >= 0.3 is 0 Å². The Morgan fingerprint density at radius 1 is 0.800 bits per heavy atom. The van der Waals surface area contributed by atoms with Gasteiger partial charge in [0.2, 0.25) is 0 Å². The van der Waals surface area contributed by atoms with Gasteiger partial charge in [0, 0.05) is 18.5 Å². The number of nitrogens with one attached hydrogen (secondary N) is 1. The molecule has 8 heteroatoms. The SMILES string of the molecule is CCCCc1nc2ccccc2n1Cc1ccc2c(c1)nc(-c1ccccc1)n2Cc1nnn[nH]1. The second-order valence-corrected chi connectivity index (χ2v) is 8.77. The van der Waals surface area contributed by atoms with Crippen LogP contribution in [0.2, 0.25) is 0 Å². The summed E-state index contributed by atoms with van der Waals surface area (Å²) in [6.07, 6.45) is 3.25. The molecule has 0 aliphatic rings. The molecule has 3 aromatic carbocycles. The number of tetrazole rings is 1. The maximum absolute atomic E-state index is 5.04. The predicted octanol–water partition coefficient (Wildman–Crippen LogP) is 5.01. The van der Waals surface area contributed by atoms with E-state index in [0.29, 0.717) is 12.4 Å². The number of aryl methyl sites for hydroxylation is 1. The van der Waals surface area contributed by atoms with E-state index < -0.39 is 0 Å². The summed E-state index contributed by atoms with van der Waals surface area (Å²) in [5.41, 5.74) is 6.48. The van der Waals surface area contributed by atoms with Gasteiger partial charge in [-0.05, 0) is 46.7 Å². The molecule has 6 rings (SSSR count). The lowest BCUT2D eigenvalue weighted by atomic mass is 10.2. The first-order chi connectivity index (χ1) is 17.3. The second-order valence-electron chi connectivity index (χ2n) is 8.77. The number of aromatic nitrogens is 8. The van der Waals surface area contributed by atoms with Crippen molar-refractivity contribution in [1.29, 1.82) is 0 Å². The number of fused-ring (bicyclic) bond motifs is 2. The Morgan fingerprint density at radius 2 is 1.63 bits per heavy atom. The van der Waals surface area contributed by atoms with E-state index in [1.807, 2.05) is 18.2 Å². The summed E-state index contributed by atoms with van der Waals surface area (Å²) in [5, 5.41) is 14.4. The van der Waals surface area contributed by atoms with Crippen LogP contribution < -0.4 is 0 Å². The van der Waals surface area contributed by atoms with Crippen molar-refractivity contribution in [3.05, 3.63) is 90.0 Å². The Hall–Kier alpha value is -4.33. The van der Waals surface area contributed by atoms with E-state index in [1.54, 1.807) is 0 Å². The molecule has 3 heterocycles. The normalized spacial score (nSPS) is 11.6. The molecule has 174 valence electrons. The van der Waals surface area contributed by atoms with Crippen molar-refractivity contribution in [3.63, 3.8) is 0 Å². The van der Waals surface area contributed by atoms with E-state index in [1.165, 1.54) is 11.1 Å². The minimum atomic E-state index is 0.514. The zero-order valence-electron chi connectivity index (χ0n) is 19.6. The number of imidazole rings is 2. The van der Waals surface area contributed by atoms with E-state index in [2.05, 4.69) is 91.3 Å². The van der Waals surface area contributed by atoms with Crippen molar-refractivity contribution < 1.29 is 0 Å². The van der Waals surface area contributed by atoms with Crippen molar-refractivity contribution in [2.75, 3.05) is 0 Å². The fourth-order valence-electron chi connectivity index (χ4n) is 4.65. The summed E-state index contributed by atoms with van der Waals surface area (Å²) in [6.45, 7) is 3.49. The van der Waals surface area contributed by atoms with Crippen molar-refractivity contribution in [2.45, 2.75) is 39.3 Å². The summed E-state index contributed by atoms with van der Waals surface area (Å²) < 4.78 is 4.51. The van der Waals surface area contributed by atoms with Crippen molar-refractivity contribution in [2.24, 2.45) is 0 Å². The molecular weight excluding hydrogens is 436 g/mol. The van der Waals surface area contributed by atoms with Crippen LogP contribution in [0.4, 0.5) is 0 Å². The van der Waals surface area contributed by atoms with Crippen LogP contribution in [0.3, 0.4) is 0 Å². The summed E-state index contributed by atoms with van der Waals surface area (Å²) >= 11 is 0. The molecular formula is C27H26N8. The third-order valence-corrected chi connectivity index (χ3v) is 6.37. The van der Waals surface area contributed by atoms with Crippen LogP contribution in [0.25, 0.3) is 33.5 Å². The molecule has 1 N–H and O–H groups in total. The van der Waals surface area contributed by atoms with Crippen LogP contribution in [0.5, 0.6) is 0 Å². The largest absolute Gasteiger partial charge is 0.323 e. The maximum Gasteiger partial charge on any atom is 0.168 e. The van der Waals surface area contributed by atoms with Gasteiger partial charge in [-0.1, -0.05) is 61.9 Å². The van der Waals surface area contributed by atoms with Crippen molar-refractivity contribution >= 4 is 22.1 Å². The minimum absolute atomic E-state index is 0.514. The van der Waals surface area contributed by atoms with Crippen LogP contribution in [0.15, 0.2) is 72.8 Å². The zero-order valence-corrected chi connectivity index (χ0v) is 19.6. The molecule has 0 aliphatic heterocycles. The van der Waals surface area contributed by atoms with Crippen LogP contribution >= 0.6 is 0 Å². The van der Waals surface area contributed by atoms with Gasteiger partial charge in [-0.25, -0.2) is 15.1 Å². The van der Waals surface area contributed by atoms with Gasteiger partial charge in [0.1, 0.15) is 11.6 Å². The van der Waals surface area contributed by atoms with Gasteiger partial charge in [0.15, 0.2) is 5.82 Å². The molecule has 0 fully saturated rings. The fraction of sp³-hybridized carbons (Fsp3) is 0.222. The quantitative estimate of drug-likeness (QED) is 0.344. The second kappa shape index (κ2) is 9.13. The van der Waals surface area contributed by atoms with Gasteiger partial charge < -0.3 is 9.13 Å².